The van der Waals surface area contributed by atoms with Crippen LogP contribution in [0, 0.1) is 0 Å². The summed E-state index contributed by atoms with van der Waals surface area (Å²) in [6, 6.07) is 1.97. The van der Waals surface area contributed by atoms with Crippen molar-refractivity contribution in [1.29, 1.82) is 0 Å². The Balaban J connectivity index is 2.60. The Morgan fingerprint density at radius 2 is 2.45 bits per heavy atom. The van der Waals surface area contributed by atoms with E-state index < -0.39 is 0 Å². The first kappa shape index (κ1) is 9.19. The lowest BCUT2D eigenvalue weighted by Gasteiger charge is -2.05. The number of thiophene rings is 1. The lowest BCUT2D eigenvalue weighted by atomic mass is 10.1. The van der Waals surface area contributed by atoms with Gasteiger partial charge in [0, 0.05) is 12.6 Å². The lowest BCUT2D eigenvalue weighted by molar-refractivity contribution is 0.276. The summed E-state index contributed by atoms with van der Waals surface area (Å²) >= 11 is 4.97. The molecular formula is C7H10BrNOS. The molecule has 0 aliphatic heterocycles. The molecule has 0 aliphatic rings. The van der Waals surface area contributed by atoms with E-state index in [0.717, 1.165) is 9.35 Å². The Hall–Kier alpha value is 0.100. The van der Waals surface area contributed by atoms with Crippen molar-refractivity contribution in [2.45, 2.75) is 12.5 Å². The Bertz CT molecular complexity index is 226. The SMILES string of the molecule is N[C@H](CCO)c1csc(Br)c1. The van der Waals surface area contributed by atoms with Crippen LogP contribution in [-0.4, -0.2) is 11.7 Å². The monoisotopic (exact) mass is 235 g/mol. The van der Waals surface area contributed by atoms with Gasteiger partial charge in [-0.25, -0.2) is 0 Å². The number of rotatable bonds is 3. The second-order valence-corrected chi connectivity index (χ2v) is 4.59. The summed E-state index contributed by atoms with van der Waals surface area (Å²) in [6.45, 7) is 0.147. The first-order valence-corrected chi connectivity index (χ1v) is 5.01. The first-order chi connectivity index (χ1) is 5.24. The molecular weight excluding hydrogens is 226 g/mol. The van der Waals surface area contributed by atoms with Crippen molar-refractivity contribution in [3.8, 4) is 0 Å². The molecule has 2 nitrogen and oxygen atoms in total. The van der Waals surface area contributed by atoms with E-state index in [2.05, 4.69) is 15.9 Å². The van der Waals surface area contributed by atoms with Crippen LogP contribution in [0.3, 0.4) is 0 Å². The van der Waals surface area contributed by atoms with Crippen molar-refractivity contribution in [2.24, 2.45) is 5.73 Å². The van der Waals surface area contributed by atoms with Crippen LogP contribution < -0.4 is 5.73 Å². The maximum Gasteiger partial charge on any atom is 0.0701 e. The van der Waals surface area contributed by atoms with Gasteiger partial charge in [0.1, 0.15) is 0 Å². The van der Waals surface area contributed by atoms with E-state index in [1.165, 1.54) is 0 Å². The molecule has 11 heavy (non-hydrogen) atoms. The summed E-state index contributed by atoms with van der Waals surface area (Å²) in [4.78, 5) is 0. The molecule has 0 aromatic carbocycles. The number of hydrogen-bond donors (Lipinski definition) is 2. The van der Waals surface area contributed by atoms with E-state index in [1.54, 1.807) is 11.3 Å². The van der Waals surface area contributed by atoms with Crippen LogP contribution >= 0.6 is 27.3 Å². The molecule has 1 heterocycles. The molecule has 1 atom stereocenters. The van der Waals surface area contributed by atoms with Gasteiger partial charge in [0.05, 0.1) is 3.79 Å². The predicted molar refractivity (Wildman–Crippen MR) is 50.7 cm³/mol. The van der Waals surface area contributed by atoms with Gasteiger partial charge in [-0.05, 0) is 39.4 Å². The number of nitrogens with two attached hydrogens (primary N) is 1. The molecule has 0 unspecified atom stereocenters. The van der Waals surface area contributed by atoms with Crippen LogP contribution in [0.25, 0.3) is 0 Å². The molecule has 1 aromatic rings. The number of halogens is 1. The summed E-state index contributed by atoms with van der Waals surface area (Å²) in [5, 5.41) is 10.6. The molecule has 0 fully saturated rings. The van der Waals surface area contributed by atoms with Gasteiger partial charge in [-0.1, -0.05) is 0 Å². The predicted octanol–water partition coefficient (Wildman–Crippen LogP) is 1.89. The minimum atomic E-state index is -0.0254. The van der Waals surface area contributed by atoms with Crippen LogP contribution in [-0.2, 0) is 0 Å². The van der Waals surface area contributed by atoms with E-state index >= 15 is 0 Å². The molecule has 62 valence electrons. The Morgan fingerprint density at radius 3 is 2.91 bits per heavy atom. The average molecular weight is 236 g/mol. The normalized spacial score (nSPS) is 13.4. The van der Waals surface area contributed by atoms with Crippen LogP contribution in [0.5, 0.6) is 0 Å². The largest absolute Gasteiger partial charge is 0.396 e. The maximum absolute atomic E-state index is 8.62. The zero-order valence-electron chi connectivity index (χ0n) is 5.96. The van der Waals surface area contributed by atoms with Crippen molar-refractivity contribution < 1.29 is 5.11 Å². The average Bonchev–Trinajstić information content (AvgIpc) is 2.36. The molecule has 4 heteroatoms. The lowest BCUT2D eigenvalue weighted by Crippen LogP contribution is -2.10. The number of aliphatic hydroxyl groups is 1. The van der Waals surface area contributed by atoms with Gasteiger partial charge in [-0.3, -0.25) is 0 Å². The highest BCUT2D eigenvalue weighted by molar-refractivity contribution is 9.11. The van der Waals surface area contributed by atoms with Gasteiger partial charge in [0.2, 0.25) is 0 Å². The molecule has 1 aromatic heterocycles. The van der Waals surface area contributed by atoms with Crippen LogP contribution in [0.4, 0.5) is 0 Å². The van der Waals surface area contributed by atoms with Gasteiger partial charge in [0.25, 0.3) is 0 Å². The van der Waals surface area contributed by atoms with Gasteiger partial charge in [0.15, 0.2) is 0 Å². The van der Waals surface area contributed by atoms with Gasteiger partial charge in [-0.15, -0.1) is 11.3 Å². The molecule has 0 radical (unpaired) electrons. The maximum atomic E-state index is 8.62. The number of aliphatic hydroxyl groups excluding tert-OH is 1. The van der Waals surface area contributed by atoms with Crippen molar-refractivity contribution >= 4 is 27.3 Å². The van der Waals surface area contributed by atoms with Gasteiger partial charge < -0.3 is 10.8 Å². The van der Waals surface area contributed by atoms with E-state index in [4.69, 9.17) is 10.8 Å². The Kier molecular flexibility index (Phi) is 3.51. The molecule has 1 rings (SSSR count). The minimum Gasteiger partial charge on any atom is -0.396 e. The van der Waals surface area contributed by atoms with E-state index in [0.29, 0.717) is 6.42 Å². The van der Waals surface area contributed by atoms with E-state index in [-0.39, 0.29) is 12.6 Å². The smallest absolute Gasteiger partial charge is 0.0701 e. The third kappa shape index (κ3) is 2.56. The third-order valence-corrected chi connectivity index (χ3v) is 2.98. The summed E-state index contributed by atoms with van der Waals surface area (Å²) < 4.78 is 1.08. The van der Waals surface area contributed by atoms with Gasteiger partial charge in [-0.2, -0.15) is 0 Å². The second kappa shape index (κ2) is 4.21. The van der Waals surface area contributed by atoms with Crippen molar-refractivity contribution in [1.82, 2.24) is 0 Å². The van der Waals surface area contributed by atoms with E-state index in [1.807, 2.05) is 11.4 Å². The van der Waals surface area contributed by atoms with Crippen LogP contribution in [0.2, 0.25) is 0 Å². The zero-order valence-corrected chi connectivity index (χ0v) is 8.36. The molecule has 0 bridgehead atoms. The zero-order chi connectivity index (χ0) is 8.27. The molecule has 0 aliphatic carbocycles. The summed E-state index contributed by atoms with van der Waals surface area (Å²) in [7, 11) is 0. The minimum absolute atomic E-state index is 0.0254. The Morgan fingerprint density at radius 1 is 1.73 bits per heavy atom. The highest BCUT2D eigenvalue weighted by Crippen LogP contribution is 2.25. The van der Waals surface area contributed by atoms with Crippen molar-refractivity contribution in [3.63, 3.8) is 0 Å². The summed E-state index contributed by atoms with van der Waals surface area (Å²) in [5.41, 5.74) is 6.84. The fourth-order valence-corrected chi connectivity index (χ4v) is 2.06. The standard InChI is InChI=1S/C7H10BrNOS/c8-7-3-5(4-11-7)6(9)1-2-10/h3-4,6,10H,1-2,9H2/t6-/m1/s1. The highest BCUT2D eigenvalue weighted by Gasteiger charge is 2.06. The molecule has 0 spiro atoms. The molecule has 0 amide bonds. The second-order valence-electron chi connectivity index (χ2n) is 2.30. The third-order valence-electron chi connectivity index (χ3n) is 1.46. The Labute approximate surface area is 78.2 Å². The topological polar surface area (TPSA) is 46.2 Å². The van der Waals surface area contributed by atoms with Crippen molar-refractivity contribution in [3.05, 3.63) is 20.8 Å². The first-order valence-electron chi connectivity index (χ1n) is 3.34. The van der Waals surface area contributed by atoms with Crippen LogP contribution in [0.15, 0.2) is 15.2 Å². The highest BCUT2D eigenvalue weighted by atomic mass is 79.9. The fraction of sp³-hybridized carbons (Fsp3) is 0.429. The summed E-state index contributed by atoms with van der Waals surface area (Å²) in [6.07, 6.45) is 0.628. The quantitative estimate of drug-likeness (QED) is 0.841. The molecule has 3 N–H and O–H groups in total. The molecule has 0 saturated heterocycles. The fourth-order valence-electron chi connectivity index (χ4n) is 0.824. The molecule has 0 saturated carbocycles. The summed E-state index contributed by atoms with van der Waals surface area (Å²) in [5.74, 6) is 0. The van der Waals surface area contributed by atoms with Crippen molar-refractivity contribution in [2.75, 3.05) is 6.61 Å². The van der Waals surface area contributed by atoms with Gasteiger partial charge >= 0.3 is 0 Å². The number of hydrogen-bond acceptors (Lipinski definition) is 3. The van der Waals surface area contributed by atoms with Crippen LogP contribution in [0.1, 0.15) is 18.0 Å². The van der Waals surface area contributed by atoms with E-state index in [9.17, 15) is 0 Å².